The first kappa shape index (κ1) is 21.9. The van der Waals surface area contributed by atoms with Gasteiger partial charge >= 0.3 is 0 Å². The molecule has 3 amide bonds. The van der Waals surface area contributed by atoms with Gasteiger partial charge in [0, 0.05) is 24.3 Å². The number of hydrogen-bond acceptors (Lipinski definition) is 8. The van der Waals surface area contributed by atoms with Gasteiger partial charge in [0.25, 0.3) is 5.91 Å². The summed E-state index contributed by atoms with van der Waals surface area (Å²) in [7, 11) is 1.75. The lowest BCUT2D eigenvalue weighted by Gasteiger charge is -2.19. The molecule has 3 aromatic rings. The van der Waals surface area contributed by atoms with Gasteiger partial charge in [-0.15, -0.1) is 10.2 Å². The molecule has 1 fully saturated rings. The highest BCUT2D eigenvalue weighted by atomic mass is 32.1. The molecule has 10 nitrogen and oxygen atoms in total. The normalized spacial score (nSPS) is 16.8. The van der Waals surface area contributed by atoms with E-state index < -0.39 is 5.92 Å². The number of ether oxygens (including phenoxy) is 1. The quantitative estimate of drug-likeness (QED) is 0.564. The van der Waals surface area contributed by atoms with Crippen molar-refractivity contribution in [3.05, 3.63) is 28.9 Å². The minimum atomic E-state index is -0.510. The van der Waals surface area contributed by atoms with Gasteiger partial charge in [0.2, 0.25) is 16.9 Å². The summed E-state index contributed by atoms with van der Waals surface area (Å²) in [6, 6.07) is 5.38. The molecule has 2 N–H and O–H groups in total. The van der Waals surface area contributed by atoms with Crippen molar-refractivity contribution in [3.63, 3.8) is 0 Å². The molecule has 0 bridgehead atoms. The lowest BCUT2D eigenvalue weighted by atomic mass is 9.93. The zero-order valence-electron chi connectivity index (χ0n) is 18.3. The number of carbonyl (C=O) groups is 3. The van der Waals surface area contributed by atoms with Crippen molar-refractivity contribution in [2.24, 2.45) is 7.05 Å². The average molecular weight is 457 g/mol. The van der Waals surface area contributed by atoms with Crippen LogP contribution in [-0.2, 0) is 26.8 Å². The van der Waals surface area contributed by atoms with E-state index in [9.17, 15) is 14.4 Å². The third-order valence-electron chi connectivity index (χ3n) is 5.10. The van der Waals surface area contributed by atoms with Crippen molar-refractivity contribution >= 4 is 45.1 Å². The molecule has 1 aliphatic heterocycles. The van der Waals surface area contributed by atoms with Crippen LogP contribution in [0.3, 0.4) is 0 Å². The second-order valence-electron chi connectivity index (χ2n) is 8.66. The fourth-order valence-electron chi connectivity index (χ4n) is 3.53. The van der Waals surface area contributed by atoms with E-state index in [2.05, 4.69) is 25.9 Å². The number of amides is 3. The first-order chi connectivity index (χ1) is 15.1. The first-order valence-electron chi connectivity index (χ1n) is 10.2. The molecule has 0 aliphatic carbocycles. The van der Waals surface area contributed by atoms with E-state index in [1.54, 1.807) is 23.9 Å². The molecule has 32 heavy (non-hydrogen) atoms. The van der Waals surface area contributed by atoms with Crippen LogP contribution in [0.4, 0.5) is 5.13 Å². The van der Waals surface area contributed by atoms with Crippen LogP contribution in [0.25, 0.3) is 10.9 Å². The lowest BCUT2D eigenvalue weighted by molar-refractivity contribution is -0.134. The average Bonchev–Trinajstić information content (AvgIpc) is 3.32. The highest BCUT2D eigenvalue weighted by Crippen LogP contribution is 2.34. The van der Waals surface area contributed by atoms with E-state index in [1.807, 2.05) is 26.8 Å². The van der Waals surface area contributed by atoms with Crippen molar-refractivity contribution in [1.29, 1.82) is 0 Å². The molecule has 168 valence electrons. The Bertz CT molecular complexity index is 1210. The molecule has 3 heterocycles. The fraction of sp³-hybridized carbons (Fsp3) is 0.429. The Morgan fingerprint density at radius 3 is 2.78 bits per heavy atom. The monoisotopic (exact) mass is 456 g/mol. The molecular weight excluding hydrogens is 432 g/mol. The summed E-state index contributed by atoms with van der Waals surface area (Å²) >= 11 is 1.33. The maximum atomic E-state index is 12.4. The van der Waals surface area contributed by atoms with Crippen molar-refractivity contribution < 1.29 is 19.1 Å². The molecule has 1 saturated heterocycles. The third kappa shape index (κ3) is 4.33. The summed E-state index contributed by atoms with van der Waals surface area (Å²) in [4.78, 5) is 36.2. The molecule has 1 aliphatic rings. The van der Waals surface area contributed by atoms with Gasteiger partial charge in [0.05, 0.1) is 11.6 Å². The molecule has 1 aromatic carbocycles. The highest BCUT2D eigenvalue weighted by Gasteiger charge is 2.32. The molecular formula is C21H24N6O4S. The van der Waals surface area contributed by atoms with Crippen LogP contribution < -0.4 is 15.4 Å². The van der Waals surface area contributed by atoms with Crippen LogP contribution in [0, 0.1) is 0 Å². The Morgan fingerprint density at radius 1 is 1.31 bits per heavy atom. The molecule has 2 aromatic heterocycles. The largest absolute Gasteiger partial charge is 0.481 e. The molecule has 0 spiro atoms. The Kier molecular flexibility index (Phi) is 5.68. The van der Waals surface area contributed by atoms with E-state index in [-0.39, 0.29) is 36.2 Å². The second kappa shape index (κ2) is 8.30. The molecule has 0 saturated carbocycles. The summed E-state index contributed by atoms with van der Waals surface area (Å²) < 4.78 is 7.41. The number of piperidine rings is 1. The summed E-state index contributed by atoms with van der Waals surface area (Å²) in [6.07, 6.45) is 0.677. The molecule has 4 rings (SSSR count). The number of benzene rings is 1. The number of para-hydroxylation sites is 1. The maximum Gasteiger partial charge on any atom is 0.264 e. The fourth-order valence-corrected chi connectivity index (χ4v) is 4.35. The standard InChI is InChI=1S/C21H24N6O4S/c1-21(2,3)19-24-25-20(32-19)23-15(29)10-31-13-7-5-6-11-16(26-27(4)17(11)13)12-8-9-14(28)22-18(12)30/h5-7,12H,8-10H2,1-4H3,(H,22,28,30)(H,23,25,29). The molecule has 11 heteroatoms. The minimum Gasteiger partial charge on any atom is -0.481 e. The van der Waals surface area contributed by atoms with Crippen molar-refractivity contribution in [1.82, 2.24) is 25.3 Å². The first-order valence-corrected chi connectivity index (χ1v) is 11.0. The molecule has 1 unspecified atom stereocenters. The van der Waals surface area contributed by atoms with Gasteiger partial charge in [0.1, 0.15) is 16.3 Å². The van der Waals surface area contributed by atoms with Gasteiger partial charge in [-0.1, -0.05) is 44.2 Å². The van der Waals surface area contributed by atoms with Crippen LogP contribution in [0.15, 0.2) is 18.2 Å². The maximum absolute atomic E-state index is 12.4. The Labute approximate surface area is 188 Å². The van der Waals surface area contributed by atoms with Gasteiger partial charge in [-0.05, 0) is 12.5 Å². The Balaban J connectivity index is 1.50. The predicted octanol–water partition coefficient (Wildman–Crippen LogP) is 2.26. The van der Waals surface area contributed by atoms with Crippen LogP contribution in [0.1, 0.15) is 50.2 Å². The van der Waals surface area contributed by atoms with E-state index in [1.165, 1.54) is 11.3 Å². The van der Waals surface area contributed by atoms with Crippen molar-refractivity contribution in [2.75, 3.05) is 11.9 Å². The van der Waals surface area contributed by atoms with Gasteiger partial charge in [-0.2, -0.15) is 5.10 Å². The Morgan fingerprint density at radius 2 is 2.09 bits per heavy atom. The second-order valence-corrected chi connectivity index (χ2v) is 9.64. The van der Waals surface area contributed by atoms with Crippen molar-refractivity contribution in [2.45, 2.75) is 44.9 Å². The summed E-state index contributed by atoms with van der Waals surface area (Å²) in [5.74, 6) is -1.01. The van der Waals surface area contributed by atoms with Gasteiger partial charge < -0.3 is 4.74 Å². The molecule has 0 radical (unpaired) electrons. The smallest absolute Gasteiger partial charge is 0.264 e. The number of fused-ring (bicyclic) bond motifs is 1. The van der Waals surface area contributed by atoms with Gasteiger partial charge in [-0.3, -0.25) is 29.7 Å². The topological polar surface area (TPSA) is 128 Å². The van der Waals surface area contributed by atoms with Crippen LogP contribution in [-0.4, -0.2) is 44.3 Å². The van der Waals surface area contributed by atoms with Gasteiger partial charge in [-0.25, -0.2) is 0 Å². The number of nitrogens with one attached hydrogen (secondary N) is 2. The Hall–Kier alpha value is -3.34. The summed E-state index contributed by atoms with van der Waals surface area (Å²) in [5, 5.41) is 19.7. The van der Waals surface area contributed by atoms with E-state index in [0.717, 1.165) is 10.4 Å². The highest BCUT2D eigenvalue weighted by molar-refractivity contribution is 7.15. The number of anilines is 1. The minimum absolute atomic E-state index is 0.146. The third-order valence-corrected chi connectivity index (χ3v) is 6.36. The lowest BCUT2D eigenvalue weighted by Crippen LogP contribution is -2.39. The molecule has 1 atom stereocenters. The van der Waals surface area contributed by atoms with E-state index in [4.69, 9.17) is 4.74 Å². The zero-order valence-corrected chi connectivity index (χ0v) is 19.1. The predicted molar refractivity (Wildman–Crippen MR) is 119 cm³/mol. The zero-order chi connectivity index (χ0) is 23.0. The van der Waals surface area contributed by atoms with Crippen LogP contribution in [0.2, 0.25) is 0 Å². The van der Waals surface area contributed by atoms with Crippen molar-refractivity contribution in [3.8, 4) is 5.75 Å². The van der Waals surface area contributed by atoms with E-state index in [0.29, 0.717) is 28.5 Å². The number of aromatic nitrogens is 4. The van der Waals surface area contributed by atoms with E-state index >= 15 is 0 Å². The number of imide groups is 1. The number of rotatable bonds is 5. The number of aryl methyl sites for hydroxylation is 1. The van der Waals surface area contributed by atoms with Gasteiger partial charge in [0.15, 0.2) is 6.61 Å². The number of nitrogens with zero attached hydrogens (tertiary/aromatic N) is 4. The van der Waals surface area contributed by atoms with Crippen LogP contribution in [0.5, 0.6) is 5.75 Å². The number of hydrogen-bond donors (Lipinski definition) is 2. The summed E-state index contributed by atoms with van der Waals surface area (Å²) in [5.41, 5.74) is 1.11. The number of carbonyl (C=O) groups excluding carboxylic acids is 3. The van der Waals surface area contributed by atoms with Crippen LogP contribution >= 0.6 is 11.3 Å². The summed E-state index contributed by atoms with van der Waals surface area (Å²) in [6.45, 7) is 5.86. The SMILES string of the molecule is Cn1nc(C2CCC(=O)NC2=O)c2cccc(OCC(=O)Nc3nnc(C(C)(C)C)s3)c21.